The van der Waals surface area contributed by atoms with Crippen molar-refractivity contribution in [2.45, 2.75) is 157 Å². The van der Waals surface area contributed by atoms with Crippen LogP contribution in [0.1, 0.15) is 157 Å². The summed E-state index contributed by atoms with van der Waals surface area (Å²) in [5, 5.41) is 28.3. The van der Waals surface area contributed by atoms with E-state index >= 15 is 0 Å². The first-order chi connectivity index (χ1) is 22.3. The molecule has 13 heteroatoms. The van der Waals surface area contributed by atoms with Gasteiger partial charge in [-0.1, -0.05) is 143 Å². The third-order valence-electron chi connectivity index (χ3n) is 6.11. The fraction of sp³-hybridized carbons (Fsp3) is 0.886. The Kier molecular flexibility index (Phi) is 52.6. The molecule has 0 rings (SSSR count). The fourth-order valence-electron chi connectivity index (χ4n) is 3.41. The van der Waals surface area contributed by atoms with Crippen LogP contribution in [0.2, 0.25) is 0 Å². The van der Waals surface area contributed by atoms with Crippen molar-refractivity contribution in [2.24, 2.45) is 5.41 Å². The summed E-state index contributed by atoms with van der Waals surface area (Å²) in [6.45, 7) is 18.6. The van der Waals surface area contributed by atoms with E-state index in [0.29, 0.717) is 19.3 Å². The van der Waals surface area contributed by atoms with E-state index in [0.717, 1.165) is 64.2 Å². The summed E-state index contributed by atoms with van der Waals surface area (Å²) < 4.78 is 32.7. The second-order valence-electron chi connectivity index (χ2n) is 12.4. The fourth-order valence-corrected chi connectivity index (χ4v) is 6.08. The maximum atomic E-state index is 13.0. The van der Waals surface area contributed by atoms with E-state index in [1.807, 2.05) is 20.8 Å². The molecule has 1 unspecified atom stereocenters. The summed E-state index contributed by atoms with van der Waals surface area (Å²) >= 11 is 0. The van der Waals surface area contributed by atoms with Crippen LogP contribution >= 0.6 is 16.0 Å². The van der Waals surface area contributed by atoms with Gasteiger partial charge in [0.25, 0.3) is 0 Å². The van der Waals surface area contributed by atoms with Crippen molar-refractivity contribution in [3.8, 4) is 0 Å². The summed E-state index contributed by atoms with van der Waals surface area (Å²) in [5.74, 6) is 0. The van der Waals surface area contributed by atoms with E-state index < -0.39 is 16.0 Å². The minimum atomic E-state index is -4.78. The second kappa shape index (κ2) is 43.7. The van der Waals surface area contributed by atoms with Gasteiger partial charge in [0.05, 0.1) is 19.8 Å². The Hall–Kier alpha value is 0.494. The minimum Gasteiger partial charge on any atom is -0.854 e. The summed E-state index contributed by atoms with van der Waals surface area (Å²) in [4.78, 5) is 25.2. The molecule has 0 spiro atoms. The molecule has 0 aliphatic heterocycles. The Bertz CT molecular complexity index is 656. The molecule has 0 aliphatic carbocycles. The van der Waals surface area contributed by atoms with Gasteiger partial charge in [0, 0.05) is 0 Å². The number of phosphoric ester groups is 2. The third kappa shape index (κ3) is 55.9. The second-order valence-corrected chi connectivity index (χ2v) is 15.6. The molecular formula is C35H72O10P2Ti. The molecule has 0 saturated heterocycles. The van der Waals surface area contributed by atoms with Gasteiger partial charge in [0.15, 0.2) is 0 Å². The van der Waals surface area contributed by atoms with Gasteiger partial charge in [-0.3, -0.25) is 4.57 Å². The number of unbranched alkanes of at least 4 members (excludes halogenated alkanes) is 15. The zero-order valence-electron chi connectivity index (χ0n) is 31.5. The van der Waals surface area contributed by atoms with Crippen LogP contribution in [0.4, 0.5) is 0 Å². The topological polar surface area (TPSA) is 169 Å². The quantitative estimate of drug-likeness (QED) is 0.0347. The van der Waals surface area contributed by atoms with Crippen LogP contribution < -0.4 is 25.1 Å². The van der Waals surface area contributed by atoms with Gasteiger partial charge >= 0.3 is 37.7 Å². The van der Waals surface area contributed by atoms with Gasteiger partial charge in [-0.15, -0.1) is 49.4 Å². The Balaban J connectivity index is -0.000000342. The van der Waals surface area contributed by atoms with Crippen molar-refractivity contribution in [3.05, 3.63) is 25.3 Å². The van der Waals surface area contributed by atoms with Gasteiger partial charge in [0.1, 0.15) is 0 Å². The van der Waals surface area contributed by atoms with Crippen LogP contribution in [0, 0.1) is 5.41 Å². The monoisotopic (exact) mass is 762 g/mol. The van der Waals surface area contributed by atoms with Crippen molar-refractivity contribution in [2.75, 3.05) is 39.6 Å². The summed E-state index contributed by atoms with van der Waals surface area (Å²) in [6, 6.07) is 0. The molecule has 286 valence electrons. The van der Waals surface area contributed by atoms with E-state index in [4.69, 9.17) is 17.9 Å². The van der Waals surface area contributed by atoms with Crippen LogP contribution in [-0.2, 0) is 44.2 Å². The number of hydrogen-bond donors (Lipinski definition) is 0. The van der Waals surface area contributed by atoms with Crippen molar-refractivity contribution in [1.29, 1.82) is 0 Å². The molecule has 1 atom stereocenters. The Morgan fingerprint density at radius 1 is 0.625 bits per heavy atom. The van der Waals surface area contributed by atoms with Gasteiger partial charge < -0.3 is 29.6 Å². The molecule has 0 aliphatic rings. The third-order valence-corrected chi connectivity index (χ3v) is 9.21. The zero-order chi connectivity index (χ0) is 36.7. The molecule has 0 aromatic rings. The van der Waals surface area contributed by atoms with E-state index in [1.54, 1.807) is 0 Å². The molecule has 48 heavy (non-hydrogen) atoms. The average Bonchev–Trinajstić information content (AvgIpc) is 3.03. The Labute approximate surface area is 311 Å². The summed E-state index contributed by atoms with van der Waals surface area (Å²) in [7, 11) is -9.01. The summed E-state index contributed by atoms with van der Waals surface area (Å²) in [6.07, 6.45) is 21.1. The molecular weight excluding hydrogens is 690 g/mol. The molecule has 0 aromatic carbocycles. The van der Waals surface area contributed by atoms with E-state index in [9.17, 15) is 29.7 Å². The number of phosphoric acid groups is 2. The molecule has 0 radical (unpaired) electrons. The van der Waals surface area contributed by atoms with Crippen LogP contribution in [0.15, 0.2) is 25.3 Å². The molecule has 10 nitrogen and oxygen atoms in total. The van der Waals surface area contributed by atoms with E-state index in [-0.39, 0.29) is 66.8 Å². The van der Waals surface area contributed by atoms with Gasteiger partial charge in [-0.2, -0.15) is 9.05 Å². The van der Waals surface area contributed by atoms with Crippen molar-refractivity contribution < 1.29 is 69.3 Å². The minimum absolute atomic E-state index is 0. The molecule has 0 saturated carbocycles. The maximum Gasteiger partial charge on any atom is 4.00 e. The van der Waals surface area contributed by atoms with Gasteiger partial charge in [-0.05, 0) is 19.3 Å². The Morgan fingerprint density at radius 2 is 0.896 bits per heavy atom. The molecule has 0 amide bonds. The van der Waals surface area contributed by atoms with Crippen LogP contribution in [0.5, 0.6) is 0 Å². The first-order valence-electron chi connectivity index (χ1n) is 17.8. The number of hydrogen-bond acceptors (Lipinski definition) is 10. The Morgan fingerprint density at radius 3 is 1.17 bits per heavy atom. The SMILES string of the molecule is C=CC[O-].C=CC[O-].CC(C)(C)C[O-].CCCCCCCCOP(=O)([O-])O[P+]([O-])(OCCCCCCCC)OCCCCCCCC.[Ti+4]. The normalized spacial score (nSPS) is 12.1. The van der Waals surface area contributed by atoms with Gasteiger partial charge in [0.2, 0.25) is 0 Å². The smallest absolute Gasteiger partial charge is 0.854 e. The molecule has 0 bridgehead atoms. The van der Waals surface area contributed by atoms with Crippen molar-refractivity contribution in [1.82, 2.24) is 0 Å². The first kappa shape index (κ1) is 57.8. The molecule has 0 aromatic heterocycles. The van der Waals surface area contributed by atoms with Gasteiger partial charge in [-0.25, -0.2) is 0 Å². The van der Waals surface area contributed by atoms with E-state index in [1.165, 1.54) is 44.3 Å². The van der Waals surface area contributed by atoms with Crippen LogP contribution in [0.3, 0.4) is 0 Å². The maximum absolute atomic E-state index is 13.0. The standard InChI is InChI=1S/C24H52O7P2.C5H11O.2C3H5O.Ti/c1-4-7-10-13-16-19-22-28-32(25,26)31-33(27,29-23-20-17-14-11-8-5-2)30-24-21-18-15-12-9-6-3;1-5(2,3)4-6;2*1-2-3-4;/h4-24H2,1-3H3,(H,25,26);4H2,1-3H3;2*2H,1,3H2;/q;3*-1;+4/p-1. The molecule has 0 N–H and O–H groups in total. The molecule has 0 heterocycles. The van der Waals surface area contributed by atoms with E-state index in [2.05, 4.69) is 33.9 Å². The van der Waals surface area contributed by atoms with Crippen LogP contribution in [-0.4, -0.2) is 39.6 Å². The first-order valence-corrected chi connectivity index (χ1v) is 20.7. The van der Waals surface area contributed by atoms with Crippen LogP contribution in [0.25, 0.3) is 0 Å². The average molecular weight is 763 g/mol. The van der Waals surface area contributed by atoms with Crippen molar-refractivity contribution in [3.63, 3.8) is 0 Å². The predicted octanol–water partition coefficient (Wildman–Crippen LogP) is 7.10. The molecule has 0 fully saturated rings. The van der Waals surface area contributed by atoms with Crippen molar-refractivity contribution >= 4 is 16.0 Å². The predicted molar refractivity (Wildman–Crippen MR) is 188 cm³/mol. The number of rotatable bonds is 28. The zero-order valence-corrected chi connectivity index (χ0v) is 34.9. The largest absolute Gasteiger partial charge is 4.00 e. The summed E-state index contributed by atoms with van der Waals surface area (Å²) in [5.41, 5.74) is -0.0139.